The molecule has 1 aliphatic rings. The number of carbonyl (C=O) groups excluding carboxylic acids is 1. The third kappa shape index (κ3) is 3.09. The Balaban J connectivity index is 1.65. The van der Waals surface area contributed by atoms with Crippen LogP contribution in [0.3, 0.4) is 0 Å². The lowest BCUT2D eigenvalue weighted by Gasteiger charge is -2.18. The fraction of sp³-hybridized carbons (Fsp3) is 0.412. The molecule has 5 nitrogen and oxygen atoms in total. The van der Waals surface area contributed by atoms with Crippen molar-refractivity contribution in [3.05, 3.63) is 55.6 Å². The summed E-state index contributed by atoms with van der Waals surface area (Å²) < 4.78 is 1.64. The first-order valence-electron chi connectivity index (χ1n) is 7.69. The minimum absolute atomic E-state index is 0.0287. The number of benzene rings is 1. The largest absolute Gasteiger partial charge is 0.390 e. The molecule has 0 radical (unpaired) electrons. The quantitative estimate of drug-likeness (QED) is 0.895. The third-order valence-corrected chi connectivity index (χ3v) is 5.45. The highest BCUT2D eigenvalue weighted by atomic mass is 32.1. The van der Waals surface area contributed by atoms with Crippen LogP contribution < -0.4 is 10.2 Å². The van der Waals surface area contributed by atoms with Crippen molar-refractivity contribution in [3.8, 4) is 0 Å². The predicted octanol–water partition coefficient (Wildman–Crippen LogP) is 1.69. The van der Waals surface area contributed by atoms with E-state index in [0.717, 1.165) is 21.7 Å². The number of aromatic nitrogens is 1. The Morgan fingerprint density at radius 2 is 2.13 bits per heavy atom. The van der Waals surface area contributed by atoms with E-state index in [1.54, 1.807) is 4.57 Å². The summed E-state index contributed by atoms with van der Waals surface area (Å²) >= 11 is 1.21. The second-order valence-corrected chi connectivity index (χ2v) is 7.09. The zero-order valence-electron chi connectivity index (χ0n) is 13.2. The van der Waals surface area contributed by atoms with Gasteiger partial charge in [-0.2, -0.15) is 0 Å². The second kappa shape index (κ2) is 6.29. The Hall–Kier alpha value is -1.92. The predicted molar refractivity (Wildman–Crippen MR) is 89.7 cm³/mol. The van der Waals surface area contributed by atoms with Crippen molar-refractivity contribution >= 4 is 17.2 Å². The van der Waals surface area contributed by atoms with E-state index in [4.69, 9.17) is 0 Å². The van der Waals surface area contributed by atoms with Crippen molar-refractivity contribution < 1.29 is 9.90 Å². The number of hydrogen-bond donors (Lipinski definition) is 2. The van der Waals surface area contributed by atoms with Gasteiger partial charge in [-0.3, -0.25) is 9.59 Å². The van der Waals surface area contributed by atoms with Crippen molar-refractivity contribution in [2.24, 2.45) is 0 Å². The number of aryl methyl sites for hydroxylation is 1. The van der Waals surface area contributed by atoms with Gasteiger partial charge < -0.3 is 15.0 Å². The van der Waals surface area contributed by atoms with Crippen molar-refractivity contribution in [3.63, 3.8) is 0 Å². The number of fused-ring (bicyclic) bond motifs is 1. The average molecular weight is 332 g/mol. The first-order valence-corrected chi connectivity index (χ1v) is 8.51. The van der Waals surface area contributed by atoms with Gasteiger partial charge in [0.05, 0.1) is 12.1 Å². The summed E-state index contributed by atoms with van der Waals surface area (Å²) in [6, 6.07) is 7.40. The molecule has 0 unspecified atom stereocenters. The fourth-order valence-electron chi connectivity index (χ4n) is 3.05. The van der Waals surface area contributed by atoms with E-state index in [1.807, 2.05) is 38.1 Å². The van der Waals surface area contributed by atoms with Crippen molar-refractivity contribution in [1.82, 2.24) is 9.88 Å². The normalized spacial score (nSPS) is 19.6. The number of thiazole rings is 1. The average Bonchev–Trinajstić information content (AvgIpc) is 2.95. The molecule has 6 heteroatoms. The molecule has 0 spiro atoms. The van der Waals surface area contributed by atoms with Crippen molar-refractivity contribution in [1.29, 1.82) is 0 Å². The first-order chi connectivity index (χ1) is 11.0. The maximum atomic E-state index is 12.2. The number of nitrogens with one attached hydrogen (secondary N) is 1. The first kappa shape index (κ1) is 16.0. The van der Waals surface area contributed by atoms with E-state index in [1.165, 1.54) is 11.3 Å². The Morgan fingerprint density at radius 3 is 2.83 bits per heavy atom. The SMILES string of the molecule is Cc1sc(=O)n(CCC(=O)N[C@@H]2c3ccccc3C[C@H]2O)c1C. The van der Waals surface area contributed by atoms with E-state index in [9.17, 15) is 14.7 Å². The minimum atomic E-state index is -0.593. The number of hydrogen-bond acceptors (Lipinski definition) is 4. The topological polar surface area (TPSA) is 71.3 Å². The summed E-state index contributed by atoms with van der Waals surface area (Å²) in [6.07, 6.45) is 0.190. The molecule has 2 aromatic rings. The van der Waals surface area contributed by atoms with Gasteiger partial charge in [-0.1, -0.05) is 35.6 Å². The van der Waals surface area contributed by atoms with Crippen LogP contribution in [0.4, 0.5) is 0 Å². The standard InChI is InChI=1S/C17H20N2O3S/c1-10-11(2)23-17(22)19(10)8-7-15(21)18-16-13-6-4-3-5-12(13)9-14(16)20/h3-6,14,16,20H,7-9H2,1-2H3,(H,18,21)/t14-,16-/m1/s1. The lowest BCUT2D eigenvalue weighted by molar-refractivity contribution is -0.122. The van der Waals surface area contributed by atoms with Crippen LogP contribution in [0.25, 0.3) is 0 Å². The molecule has 2 atom stereocenters. The van der Waals surface area contributed by atoms with Crippen LogP contribution in [0.2, 0.25) is 0 Å². The number of amides is 1. The fourth-order valence-corrected chi connectivity index (χ4v) is 3.91. The van der Waals surface area contributed by atoms with Crippen molar-refractivity contribution in [2.45, 2.75) is 45.4 Å². The van der Waals surface area contributed by atoms with Crippen LogP contribution in [0, 0.1) is 13.8 Å². The molecule has 0 aliphatic heterocycles. The number of aliphatic hydroxyl groups is 1. The Bertz CT molecular complexity index is 793. The summed E-state index contributed by atoms with van der Waals surface area (Å²) in [4.78, 5) is 25.0. The Kier molecular flexibility index (Phi) is 4.37. The van der Waals surface area contributed by atoms with Crippen LogP contribution >= 0.6 is 11.3 Å². The monoisotopic (exact) mass is 332 g/mol. The molecule has 1 aliphatic carbocycles. The molecular formula is C17H20N2O3S. The number of rotatable bonds is 4. The van der Waals surface area contributed by atoms with Crippen LogP contribution in [0.15, 0.2) is 29.1 Å². The molecule has 0 bridgehead atoms. The molecule has 1 heterocycles. The molecule has 1 amide bonds. The van der Waals surface area contributed by atoms with Gasteiger partial charge in [0.2, 0.25) is 5.91 Å². The van der Waals surface area contributed by atoms with E-state index in [2.05, 4.69) is 5.32 Å². The maximum Gasteiger partial charge on any atom is 0.307 e. The lowest BCUT2D eigenvalue weighted by atomic mass is 10.1. The Labute approximate surface area is 138 Å². The van der Waals surface area contributed by atoms with Gasteiger partial charge in [0.15, 0.2) is 0 Å². The molecule has 1 aromatic carbocycles. The molecule has 2 N–H and O–H groups in total. The zero-order chi connectivity index (χ0) is 16.6. The van der Waals surface area contributed by atoms with Gasteiger partial charge in [-0.15, -0.1) is 0 Å². The summed E-state index contributed by atoms with van der Waals surface area (Å²) in [5.74, 6) is -0.152. The van der Waals surface area contributed by atoms with E-state index in [-0.39, 0.29) is 23.2 Å². The summed E-state index contributed by atoms with van der Waals surface area (Å²) in [7, 11) is 0. The molecule has 122 valence electrons. The number of aliphatic hydroxyl groups excluding tert-OH is 1. The highest BCUT2D eigenvalue weighted by Gasteiger charge is 2.31. The van der Waals surface area contributed by atoms with Gasteiger partial charge in [0.25, 0.3) is 0 Å². The Morgan fingerprint density at radius 1 is 1.39 bits per heavy atom. The lowest BCUT2D eigenvalue weighted by Crippen LogP contribution is -2.34. The van der Waals surface area contributed by atoms with Crippen LogP contribution in [-0.2, 0) is 17.8 Å². The molecule has 3 rings (SSSR count). The molecule has 0 saturated carbocycles. The van der Waals surface area contributed by atoms with Gasteiger partial charge in [0, 0.05) is 30.0 Å². The molecule has 0 saturated heterocycles. The van der Waals surface area contributed by atoms with E-state index in [0.29, 0.717) is 13.0 Å². The van der Waals surface area contributed by atoms with Gasteiger partial charge in [-0.05, 0) is 25.0 Å². The molecule has 0 fully saturated rings. The molecule has 23 heavy (non-hydrogen) atoms. The van der Waals surface area contributed by atoms with Crippen LogP contribution in [-0.4, -0.2) is 21.7 Å². The van der Waals surface area contributed by atoms with E-state index < -0.39 is 6.10 Å². The zero-order valence-corrected chi connectivity index (χ0v) is 14.0. The highest BCUT2D eigenvalue weighted by molar-refractivity contribution is 7.09. The van der Waals surface area contributed by atoms with Crippen LogP contribution in [0.5, 0.6) is 0 Å². The molecule has 1 aromatic heterocycles. The third-order valence-electron chi connectivity index (χ3n) is 4.46. The number of nitrogens with zero attached hydrogens (tertiary/aromatic N) is 1. The van der Waals surface area contributed by atoms with Gasteiger partial charge in [0.1, 0.15) is 0 Å². The summed E-state index contributed by atoms with van der Waals surface area (Å²) in [5, 5.41) is 13.1. The maximum absolute atomic E-state index is 12.2. The van der Waals surface area contributed by atoms with Gasteiger partial charge >= 0.3 is 4.87 Å². The minimum Gasteiger partial charge on any atom is -0.390 e. The highest BCUT2D eigenvalue weighted by Crippen LogP contribution is 2.31. The summed E-state index contributed by atoms with van der Waals surface area (Å²) in [5.41, 5.74) is 2.97. The molecular weight excluding hydrogens is 312 g/mol. The van der Waals surface area contributed by atoms with E-state index >= 15 is 0 Å². The summed E-state index contributed by atoms with van der Waals surface area (Å²) in [6.45, 7) is 4.16. The number of carbonyl (C=O) groups is 1. The smallest absolute Gasteiger partial charge is 0.307 e. The van der Waals surface area contributed by atoms with Gasteiger partial charge in [-0.25, -0.2) is 0 Å². The second-order valence-electron chi connectivity index (χ2n) is 5.93. The van der Waals surface area contributed by atoms with Crippen molar-refractivity contribution in [2.75, 3.05) is 0 Å². The van der Waals surface area contributed by atoms with Crippen LogP contribution in [0.1, 0.15) is 34.2 Å².